The quantitative estimate of drug-likeness (QED) is 0.677. The molecule has 1 saturated heterocycles. The van der Waals surface area contributed by atoms with Crippen LogP contribution in [0.25, 0.3) is 0 Å². The molecule has 1 N–H and O–H groups in total. The van der Waals surface area contributed by atoms with Crippen molar-refractivity contribution in [2.24, 2.45) is 5.41 Å². The van der Waals surface area contributed by atoms with Crippen LogP contribution in [0.4, 0.5) is 0 Å². The van der Waals surface area contributed by atoms with Crippen molar-refractivity contribution in [3.63, 3.8) is 0 Å². The molecular weight excluding hydrogens is 170 g/mol. The van der Waals surface area contributed by atoms with Crippen LogP contribution < -0.4 is 5.32 Å². The molecule has 0 spiro atoms. The van der Waals surface area contributed by atoms with Crippen LogP contribution in [-0.2, 0) is 0 Å². The SMILES string of the molecule is CCCCCC1(C(C)(C)C)CCCN1. The van der Waals surface area contributed by atoms with Crippen molar-refractivity contribution in [2.45, 2.75) is 71.8 Å². The minimum absolute atomic E-state index is 0.414. The third kappa shape index (κ3) is 2.50. The Morgan fingerprint density at radius 3 is 2.36 bits per heavy atom. The first kappa shape index (κ1) is 12.0. The lowest BCUT2D eigenvalue weighted by Gasteiger charge is -2.42. The summed E-state index contributed by atoms with van der Waals surface area (Å²) in [4.78, 5) is 0. The number of hydrogen-bond donors (Lipinski definition) is 1. The van der Waals surface area contributed by atoms with E-state index in [-0.39, 0.29) is 0 Å². The van der Waals surface area contributed by atoms with E-state index >= 15 is 0 Å². The maximum atomic E-state index is 3.77. The molecule has 1 heteroatoms. The molecule has 0 radical (unpaired) electrons. The summed E-state index contributed by atoms with van der Waals surface area (Å²) in [6.07, 6.45) is 8.22. The zero-order valence-electron chi connectivity index (χ0n) is 10.4. The molecule has 1 heterocycles. The first-order chi connectivity index (χ1) is 6.52. The minimum Gasteiger partial charge on any atom is -0.311 e. The van der Waals surface area contributed by atoms with Crippen LogP contribution in [0.5, 0.6) is 0 Å². The fraction of sp³-hybridized carbons (Fsp3) is 1.00. The van der Waals surface area contributed by atoms with Gasteiger partial charge >= 0.3 is 0 Å². The van der Waals surface area contributed by atoms with Crippen LogP contribution in [0.1, 0.15) is 66.2 Å². The van der Waals surface area contributed by atoms with Gasteiger partial charge in [-0.05, 0) is 31.2 Å². The summed E-state index contributed by atoms with van der Waals surface area (Å²) >= 11 is 0. The lowest BCUT2D eigenvalue weighted by Crippen LogP contribution is -2.50. The lowest BCUT2D eigenvalue weighted by molar-refractivity contribution is 0.144. The summed E-state index contributed by atoms with van der Waals surface area (Å²) in [5, 5.41) is 3.77. The van der Waals surface area contributed by atoms with E-state index in [2.05, 4.69) is 33.0 Å². The molecule has 0 amide bonds. The summed E-state index contributed by atoms with van der Waals surface area (Å²) in [6, 6.07) is 0. The van der Waals surface area contributed by atoms with E-state index in [1.807, 2.05) is 0 Å². The Bertz CT molecular complexity index is 161. The highest BCUT2D eigenvalue weighted by Gasteiger charge is 2.42. The second kappa shape index (κ2) is 4.65. The molecule has 1 aliphatic heterocycles. The average molecular weight is 197 g/mol. The molecule has 1 rings (SSSR count). The highest BCUT2D eigenvalue weighted by molar-refractivity contribution is 5.01. The van der Waals surface area contributed by atoms with Crippen molar-refractivity contribution in [3.8, 4) is 0 Å². The molecule has 0 bridgehead atoms. The predicted octanol–water partition coefficient (Wildman–Crippen LogP) is 3.74. The van der Waals surface area contributed by atoms with Gasteiger partial charge in [0.2, 0.25) is 0 Å². The van der Waals surface area contributed by atoms with Crippen LogP contribution in [0, 0.1) is 5.41 Å². The second-order valence-electron chi connectivity index (χ2n) is 5.82. The molecule has 0 saturated carbocycles. The van der Waals surface area contributed by atoms with Crippen molar-refractivity contribution in [1.82, 2.24) is 5.32 Å². The normalized spacial score (nSPS) is 28.3. The van der Waals surface area contributed by atoms with Gasteiger partial charge in [-0.1, -0.05) is 47.0 Å². The van der Waals surface area contributed by atoms with E-state index in [0.29, 0.717) is 11.0 Å². The Morgan fingerprint density at radius 1 is 1.21 bits per heavy atom. The van der Waals surface area contributed by atoms with Gasteiger partial charge < -0.3 is 5.32 Å². The van der Waals surface area contributed by atoms with Gasteiger partial charge in [-0.3, -0.25) is 0 Å². The number of unbranched alkanes of at least 4 members (excludes halogenated alkanes) is 2. The summed E-state index contributed by atoms with van der Waals surface area (Å²) in [7, 11) is 0. The molecule has 0 aromatic heterocycles. The summed E-state index contributed by atoms with van der Waals surface area (Å²) in [5.74, 6) is 0. The first-order valence-corrected chi connectivity index (χ1v) is 6.27. The third-order valence-corrected chi connectivity index (χ3v) is 3.89. The van der Waals surface area contributed by atoms with Crippen LogP contribution in [0.3, 0.4) is 0 Å². The largest absolute Gasteiger partial charge is 0.311 e. The van der Waals surface area contributed by atoms with Crippen LogP contribution in [-0.4, -0.2) is 12.1 Å². The zero-order chi connectivity index (χ0) is 10.7. The molecule has 1 fully saturated rings. The summed E-state index contributed by atoms with van der Waals surface area (Å²) < 4.78 is 0. The van der Waals surface area contributed by atoms with Crippen LogP contribution in [0.2, 0.25) is 0 Å². The fourth-order valence-electron chi connectivity index (χ4n) is 2.71. The van der Waals surface area contributed by atoms with Gasteiger partial charge in [0, 0.05) is 5.54 Å². The molecular formula is C13H27N. The van der Waals surface area contributed by atoms with Gasteiger partial charge in [-0.25, -0.2) is 0 Å². The van der Waals surface area contributed by atoms with E-state index in [1.54, 1.807) is 0 Å². The molecule has 1 nitrogen and oxygen atoms in total. The predicted molar refractivity (Wildman–Crippen MR) is 63.6 cm³/mol. The zero-order valence-corrected chi connectivity index (χ0v) is 10.4. The third-order valence-electron chi connectivity index (χ3n) is 3.89. The van der Waals surface area contributed by atoms with E-state index in [1.165, 1.54) is 45.1 Å². The Kier molecular flexibility index (Phi) is 4.00. The number of rotatable bonds is 4. The minimum atomic E-state index is 0.414. The molecule has 1 atom stereocenters. The van der Waals surface area contributed by atoms with Gasteiger partial charge in [0.25, 0.3) is 0 Å². The summed E-state index contributed by atoms with van der Waals surface area (Å²) in [5.41, 5.74) is 0.847. The highest BCUT2D eigenvalue weighted by Crippen LogP contribution is 2.40. The van der Waals surface area contributed by atoms with Gasteiger partial charge in [-0.15, -0.1) is 0 Å². The summed E-state index contributed by atoms with van der Waals surface area (Å²) in [6.45, 7) is 10.7. The molecule has 14 heavy (non-hydrogen) atoms. The lowest BCUT2D eigenvalue weighted by atomic mass is 9.70. The van der Waals surface area contributed by atoms with Crippen LogP contribution >= 0.6 is 0 Å². The highest BCUT2D eigenvalue weighted by atomic mass is 15.0. The molecule has 0 aromatic carbocycles. The van der Waals surface area contributed by atoms with E-state index < -0.39 is 0 Å². The van der Waals surface area contributed by atoms with Crippen molar-refractivity contribution < 1.29 is 0 Å². The maximum Gasteiger partial charge on any atom is 0.0230 e. The molecule has 1 unspecified atom stereocenters. The van der Waals surface area contributed by atoms with Gasteiger partial charge in [0.05, 0.1) is 0 Å². The van der Waals surface area contributed by atoms with Gasteiger partial charge in [0.1, 0.15) is 0 Å². The van der Waals surface area contributed by atoms with Crippen molar-refractivity contribution in [3.05, 3.63) is 0 Å². The Labute approximate surface area is 89.7 Å². The number of hydrogen-bond acceptors (Lipinski definition) is 1. The molecule has 84 valence electrons. The molecule has 1 aliphatic rings. The topological polar surface area (TPSA) is 12.0 Å². The van der Waals surface area contributed by atoms with Crippen molar-refractivity contribution in [2.75, 3.05) is 6.54 Å². The van der Waals surface area contributed by atoms with E-state index in [4.69, 9.17) is 0 Å². The fourth-order valence-corrected chi connectivity index (χ4v) is 2.71. The Morgan fingerprint density at radius 2 is 1.93 bits per heavy atom. The maximum absolute atomic E-state index is 3.77. The van der Waals surface area contributed by atoms with E-state index in [9.17, 15) is 0 Å². The van der Waals surface area contributed by atoms with E-state index in [0.717, 1.165) is 0 Å². The monoisotopic (exact) mass is 197 g/mol. The second-order valence-corrected chi connectivity index (χ2v) is 5.82. The van der Waals surface area contributed by atoms with Gasteiger partial charge in [-0.2, -0.15) is 0 Å². The Balaban J connectivity index is 2.54. The van der Waals surface area contributed by atoms with Crippen molar-refractivity contribution >= 4 is 0 Å². The number of nitrogens with one attached hydrogen (secondary N) is 1. The molecule has 0 aliphatic carbocycles. The first-order valence-electron chi connectivity index (χ1n) is 6.27. The average Bonchev–Trinajstić information content (AvgIpc) is 2.53. The van der Waals surface area contributed by atoms with Crippen molar-refractivity contribution in [1.29, 1.82) is 0 Å². The standard InChI is InChI=1S/C13H27N/c1-5-6-7-9-13(12(2,3)4)10-8-11-14-13/h14H,5-11H2,1-4H3. The van der Waals surface area contributed by atoms with Gasteiger partial charge in [0.15, 0.2) is 0 Å². The smallest absolute Gasteiger partial charge is 0.0230 e. The Hall–Kier alpha value is -0.0400. The van der Waals surface area contributed by atoms with Crippen LogP contribution in [0.15, 0.2) is 0 Å². The molecule has 0 aromatic rings.